The number of piperidine rings is 1. The van der Waals surface area contributed by atoms with E-state index in [1.165, 1.54) is 11.6 Å². The van der Waals surface area contributed by atoms with E-state index >= 15 is 0 Å². The van der Waals surface area contributed by atoms with Crippen LogP contribution in [0.2, 0.25) is 0 Å². The van der Waals surface area contributed by atoms with E-state index in [4.69, 9.17) is 4.74 Å². The Bertz CT molecular complexity index is 2170. The smallest absolute Gasteiger partial charge is 0.310 e. The number of benzene rings is 4. The summed E-state index contributed by atoms with van der Waals surface area (Å²) in [5.74, 6) is -0.223. The number of hydrogen-bond donors (Lipinski definition) is 1. The van der Waals surface area contributed by atoms with E-state index in [0.717, 1.165) is 23.2 Å². The average molecular weight is 697 g/mol. The van der Waals surface area contributed by atoms with E-state index in [1.807, 2.05) is 35.0 Å². The lowest BCUT2D eigenvalue weighted by atomic mass is 9.98. The lowest BCUT2D eigenvalue weighted by molar-refractivity contribution is -0.385. The van der Waals surface area contributed by atoms with Gasteiger partial charge in [-0.05, 0) is 59.4 Å². The number of para-hydroxylation sites is 2. The number of nitro groups is 1. The molecule has 2 aromatic heterocycles. The molecule has 7 rings (SSSR count). The van der Waals surface area contributed by atoms with Crippen molar-refractivity contribution in [2.75, 3.05) is 13.1 Å². The molecular weight excluding hydrogens is 660 g/mol. The maximum absolute atomic E-state index is 13.5. The minimum absolute atomic E-state index is 0.0385. The summed E-state index contributed by atoms with van der Waals surface area (Å²) in [6.07, 6.45) is 8.62. The number of rotatable bonds is 12. The molecule has 1 fully saturated rings. The lowest BCUT2D eigenvalue weighted by Crippen LogP contribution is -2.39. The Morgan fingerprint density at radius 3 is 2.48 bits per heavy atom. The summed E-state index contributed by atoms with van der Waals surface area (Å²) in [4.78, 5) is 43.5. The molecule has 0 saturated carbocycles. The van der Waals surface area contributed by atoms with Gasteiger partial charge in [0.15, 0.2) is 5.75 Å². The normalized spacial score (nSPS) is 13.1. The third-order valence-corrected chi connectivity index (χ3v) is 9.14. The number of ether oxygens (including phenoxy) is 1. The molecule has 0 radical (unpaired) electrons. The first-order chi connectivity index (χ1) is 25.4. The third-order valence-electron chi connectivity index (χ3n) is 9.14. The molecular formula is C39H36N8O5. The van der Waals surface area contributed by atoms with Gasteiger partial charge in [0.05, 0.1) is 23.5 Å². The Labute approximate surface area is 299 Å². The second-order valence-electron chi connectivity index (χ2n) is 12.6. The highest BCUT2D eigenvalue weighted by atomic mass is 16.6. The van der Waals surface area contributed by atoms with E-state index in [-0.39, 0.29) is 35.9 Å². The highest BCUT2D eigenvalue weighted by molar-refractivity contribution is 5.99. The molecule has 0 atom stereocenters. The number of aromatic nitrogens is 5. The van der Waals surface area contributed by atoms with Crippen molar-refractivity contribution in [3.63, 3.8) is 0 Å². The summed E-state index contributed by atoms with van der Waals surface area (Å²) in [6, 6.07) is 29.4. The van der Waals surface area contributed by atoms with Gasteiger partial charge in [-0.2, -0.15) is 0 Å². The molecule has 1 aliphatic heterocycles. The molecule has 52 heavy (non-hydrogen) atoms. The maximum atomic E-state index is 13.5. The molecule has 0 unspecified atom stereocenters. The molecule has 1 saturated heterocycles. The fourth-order valence-electron chi connectivity index (χ4n) is 6.36. The molecule has 4 aromatic carbocycles. The van der Waals surface area contributed by atoms with E-state index in [2.05, 4.69) is 44.9 Å². The van der Waals surface area contributed by atoms with E-state index in [1.54, 1.807) is 70.8 Å². The monoisotopic (exact) mass is 696 g/mol. The quantitative estimate of drug-likeness (QED) is 0.119. The van der Waals surface area contributed by atoms with Gasteiger partial charge in [-0.15, -0.1) is 5.10 Å². The predicted octanol–water partition coefficient (Wildman–Crippen LogP) is 6.08. The van der Waals surface area contributed by atoms with Crippen molar-refractivity contribution in [3.05, 3.63) is 160 Å². The first-order valence-electron chi connectivity index (χ1n) is 17.0. The van der Waals surface area contributed by atoms with Crippen LogP contribution in [-0.2, 0) is 19.7 Å². The summed E-state index contributed by atoms with van der Waals surface area (Å²) >= 11 is 0. The predicted molar refractivity (Wildman–Crippen MR) is 192 cm³/mol. The molecule has 1 N–H and O–H groups in total. The second-order valence-corrected chi connectivity index (χ2v) is 12.6. The van der Waals surface area contributed by atoms with Crippen LogP contribution in [0.5, 0.6) is 5.75 Å². The fraction of sp³-hybridized carbons (Fsp3) is 0.205. The molecule has 6 aromatic rings. The average Bonchev–Trinajstić information content (AvgIpc) is 3.89. The summed E-state index contributed by atoms with van der Waals surface area (Å²) < 4.78 is 9.43. The first kappa shape index (κ1) is 33.8. The largest absolute Gasteiger partial charge is 0.480 e. The van der Waals surface area contributed by atoms with Gasteiger partial charge in [-0.1, -0.05) is 71.9 Å². The molecule has 13 nitrogen and oxygen atoms in total. The van der Waals surface area contributed by atoms with Crippen LogP contribution >= 0.6 is 0 Å². The summed E-state index contributed by atoms with van der Waals surface area (Å²) in [6.45, 7) is 2.15. The van der Waals surface area contributed by atoms with Gasteiger partial charge in [0.2, 0.25) is 0 Å². The molecule has 3 heterocycles. The van der Waals surface area contributed by atoms with E-state index in [9.17, 15) is 19.7 Å². The Hall–Kier alpha value is -6.63. The highest BCUT2D eigenvalue weighted by Crippen LogP contribution is 2.28. The second kappa shape index (κ2) is 15.5. The van der Waals surface area contributed by atoms with Crippen molar-refractivity contribution in [3.8, 4) is 16.9 Å². The Morgan fingerprint density at radius 2 is 1.69 bits per heavy atom. The summed E-state index contributed by atoms with van der Waals surface area (Å²) in [5, 5.41) is 22.7. The number of hydrogen-bond acceptors (Lipinski definition) is 8. The minimum Gasteiger partial charge on any atom is -0.480 e. The molecule has 0 bridgehead atoms. The number of nitro benzene ring substituents is 1. The van der Waals surface area contributed by atoms with Gasteiger partial charge in [-0.3, -0.25) is 19.7 Å². The maximum Gasteiger partial charge on any atom is 0.310 e. The highest BCUT2D eigenvalue weighted by Gasteiger charge is 2.26. The molecule has 0 aliphatic carbocycles. The van der Waals surface area contributed by atoms with Crippen molar-refractivity contribution >= 4 is 17.5 Å². The van der Waals surface area contributed by atoms with Crippen LogP contribution in [0, 0.1) is 10.1 Å². The Kier molecular flexibility index (Phi) is 10.1. The van der Waals surface area contributed by atoms with Crippen LogP contribution in [0.25, 0.3) is 11.1 Å². The van der Waals surface area contributed by atoms with Crippen molar-refractivity contribution in [1.82, 2.24) is 34.8 Å². The molecule has 2 amide bonds. The van der Waals surface area contributed by atoms with Crippen LogP contribution in [-0.4, -0.2) is 59.3 Å². The number of nitrogens with zero attached hydrogens (tertiary/aromatic N) is 7. The van der Waals surface area contributed by atoms with E-state index in [0.29, 0.717) is 49.3 Å². The zero-order chi connectivity index (χ0) is 35.9. The Balaban J connectivity index is 0.920. The van der Waals surface area contributed by atoms with Crippen LogP contribution in [0.4, 0.5) is 5.69 Å². The zero-order valence-corrected chi connectivity index (χ0v) is 28.2. The van der Waals surface area contributed by atoms with Crippen molar-refractivity contribution < 1.29 is 19.2 Å². The van der Waals surface area contributed by atoms with Crippen LogP contribution in [0.1, 0.15) is 56.4 Å². The standard InChI is InChI=1S/C39H36N8O5/c48-38(41-23-32-6-1-2-9-35(32)29-14-12-28(13-15-29)24-44-21-18-40-27-44)30-7-5-8-31(22-30)39(49)45-19-16-34(17-20-45)46-25-33(42-43-46)26-52-37-11-4-3-10-36(37)47(50)51/h1-15,18,21-22,25,27,34H,16-17,19-20,23-24,26H2,(H,41,48). The summed E-state index contributed by atoms with van der Waals surface area (Å²) in [7, 11) is 0. The lowest BCUT2D eigenvalue weighted by Gasteiger charge is -2.32. The topological polar surface area (TPSA) is 150 Å². The number of nitrogens with one attached hydrogen (secondary N) is 1. The van der Waals surface area contributed by atoms with Crippen LogP contribution < -0.4 is 10.1 Å². The summed E-state index contributed by atoms with van der Waals surface area (Å²) in [5.41, 5.74) is 5.56. The van der Waals surface area contributed by atoms with Crippen LogP contribution in [0.15, 0.2) is 122 Å². The SMILES string of the molecule is O=C(NCc1ccccc1-c1ccc(Cn2ccnc2)cc1)c1cccc(C(=O)N2CCC(n3cc(COc4ccccc4[N+](=O)[O-])nn3)CC2)c1. The fourth-order valence-corrected chi connectivity index (χ4v) is 6.36. The van der Waals surface area contributed by atoms with Crippen molar-refractivity contribution in [2.45, 2.75) is 38.6 Å². The molecule has 1 aliphatic rings. The molecule has 0 spiro atoms. The van der Waals surface area contributed by atoms with Gasteiger partial charge >= 0.3 is 5.69 Å². The van der Waals surface area contributed by atoms with E-state index < -0.39 is 4.92 Å². The third kappa shape index (κ3) is 7.88. The minimum atomic E-state index is -0.486. The number of carbonyl (C=O) groups excluding carboxylic acids is 2. The van der Waals surface area contributed by atoms with Gasteiger partial charge < -0.3 is 19.5 Å². The number of imidazole rings is 1. The van der Waals surface area contributed by atoms with Gasteiger partial charge in [-0.25, -0.2) is 9.67 Å². The number of likely N-dealkylation sites (tertiary alicyclic amines) is 1. The zero-order valence-electron chi connectivity index (χ0n) is 28.2. The van der Waals surface area contributed by atoms with Gasteiger partial charge in [0.25, 0.3) is 11.8 Å². The van der Waals surface area contributed by atoms with Gasteiger partial charge in [0.1, 0.15) is 12.3 Å². The van der Waals surface area contributed by atoms with Crippen LogP contribution in [0.3, 0.4) is 0 Å². The van der Waals surface area contributed by atoms with Gasteiger partial charge in [0, 0.05) is 55.8 Å². The number of carbonyl (C=O) groups is 2. The first-order valence-corrected chi connectivity index (χ1v) is 17.0. The molecule has 262 valence electrons. The molecule has 13 heteroatoms. The Morgan fingerprint density at radius 1 is 0.923 bits per heavy atom. The number of amides is 2. The van der Waals surface area contributed by atoms with Crippen molar-refractivity contribution in [2.24, 2.45) is 0 Å². The van der Waals surface area contributed by atoms with Crippen molar-refractivity contribution in [1.29, 1.82) is 0 Å².